The summed E-state index contributed by atoms with van der Waals surface area (Å²) in [6.07, 6.45) is 3.13. The molecule has 3 rings (SSSR count). The van der Waals surface area contributed by atoms with E-state index in [2.05, 4.69) is 25.1 Å². The highest BCUT2D eigenvalue weighted by molar-refractivity contribution is 7.59. The summed E-state index contributed by atoms with van der Waals surface area (Å²) in [5, 5.41) is 6.20. The number of anilines is 1. The third kappa shape index (κ3) is 7.50. The van der Waals surface area contributed by atoms with Crippen LogP contribution >= 0.6 is 7.44 Å². The lowest BCUT2D eigenvalue weighted by Gasteiger charge is -2.33. The standard InChI is InChI=1S/C25H38N7O5P/c1-7-12-36-24(33)25(4,5)31-38(34,30-18(3)19-8-10-20(35-6)11-9-19)16-37-17(2)13-32-15-29-21-22(26)27-14-28-23(21)32/h8-11,14-15,17-18H,7,12-13,16H2,1-6H3,(H2,26,27,28)(H2,30,31,34)/t17-,18+,38-/m1/s1. The van der Waals surface area contributed by atoms with E-state index in [4.69, 9.17) is 19.9 Å². The van der Waals surface area contributed by atoms with E-state index >= 15 is 0 Å². The van der Waals surface area contributed by atoms with Crippen molar-refractivity contribution in [1.29, 1.82) is 0 Å². The van der Waals surface area contributed by atoms with Gasteiger partial charge in [-0.1, -0.05) is 19.1 Å². The van der Waals surface area contributed by atoms with Crippen molar-refractivity contribution in [2.75, 3.05) is 25.8 Å². The molecule has 0 amide bonds. The Balaban J connectivity index is 1.76. The number of carbonyl (C=O) groups excluding carboxylic acids is 1. The number of methoxy groups -OCH3 is 1. The Hall–Kier alpha value is -3.05. The van der Waals surface area contributed by atoms with Gasteiger partial charge in [0.15, 0.2) is 11.5 Å². The van der Waals surface area contributed by atoms with E-state index in [9.17, 15) is 9.36 Å². The molecular formula is C25H38N7O5P. The van der Waals surface area contributed by atoms with Gasteiger partial charge in [-0.25, -0.2) is 25.1 Å². The minimum atomic E-state index is -3.49. The van der Waals surface area contributed by atoms with Crippen LogP contribution in [0.5, 0.6) is 5.75 Å². The third-order valence-corrected chi connectivity index (χ3v) is 8.09. The highest BCUT2D eigenvalue weighted by atomic mass is 31.2. The number of ether oxygens (including phenoxy) is 3. The molecule has 0 fully saturated rings. The molecule has 0 aliphatic rings. The molecule has 1 aromatic carbocycles. The van der Waals surface area contributed by atoms with E-state index in [1.807, 2.05) is 45.0 Å². The second-order valence-electron chi connectivity index (χ2n) is 9.67. The van der Waals surface area contributed by atoms with Crippen molar-refractivity contribution in [2.24, 2.45) is 0 Å². The first-order valence-electron chi connectivity index (χ1n) is 12.5. The average molecular weight is 548 g/mol. The van der Waals surface area contributed by atoms with Gasteiger partial charge in [0.25, 0.3) is 0 Å². The van der Waals surface area contributed by atoms with Gasteiger partial charge in [0.05, 0.1) is 32.7 Å². The highest BCUT2D eigenvalue weighted by Gasteiger charge is 2.38. The topological polar surface area (TPSA) is 156 Å². The summed E-state index contributed by atoms with van der Waals surface area (Å²) in [7, 11) is -1.89. The van der Waals surface area contributed by atoms with Gasteiger partial charge in [-0.15, -0.1) is 0 Å². The van der Waals surface area contributed by atoms with Crippen LogP contribution in [-0.2, 0) is 25.4 Å². The summed E-state index contributed by atoms with van der Waals surface area (Å²) < 4.78 is 32.7. The van der Waals surface area contributed by atoms with E-state index < -0.39 is 19.0 Å². The fourth-order valence-electron chi connectivity index (χ4n) is 3.85. The molecular weight excluding hydrogens is 509 g/mol. The number of imidazole rings is 1. The Kier molecular flexibility index (Phi) is 9.83. The number of aromatic nitrogens is 4. The van der Waals surface area contributed by atoms with Crippen molar-refractivity contribution < 1.29 is 23.6 Å². The summed E-state index contributed by atoms with van der Waals surface area (Å²) in [6, 6.07) is 7.13. The van der Waals surface area contributed by atoms with Gasteiger partial charge in [0.2, 0.25) is 7.44 Å². The van der Waals surface area contributed by atoms with Gasteiger partial charge in [-0.05, 0) is 51.8 Å². The highest BCUT2D eigenvalue weighted by Crippen LogP contribution is 2.42. The van der Waals surface area contributed by atoms with Gasteiger partial charge < -0.3 is 24.5 Å². The molecule has 4 N–H and O–H groups in total. The number of nitrogen functional groups attached to an aromatic ring is 1. The number of rotatable bonds is 14. The van der Waals surface area contributed by atoms with Gasteiger partial charge >= 0.3 is 5.97 Å². The van der Waals surface area contributed by atoms with Gasteiger partial charge in [0, 0.05) is 6.04 Å². The van der Waals surface area contributed by atoms with Crippen LogP contribution in [0.3, 0.4) is 0 Å². The first kappa shape index (κ1) is 29.5. The fraction of sp³-hybridized carbons (Fsp3) is 0.520. The molecule has 3 atom stereocenters. The zero-order valence-corrected chi connectivity index (χ0v) is 23.7. The Morgan fingerprint density at radius 3 is 2.55 bits per heavy atom. The van der Waals surface area contributed by atoms with Crippen LogP contribution in [0, 0.1) is 0 Å². The fourth-order valence-corrected chi connectivity index (χ4v) is 6.29. The molecule has 0 spiro atoms. The number of fused-ring (bicyclic) bond motifs is 1. The Morgan fingerprint density at radius 2 is 1.89 bits per heavy atom. The van der Waals surface area contributed by atoms with Crippen LogP contribution in [0.4, 0.5) is 5.82 Å². The molecule has 38 heavy (non-hydrogen) atoms. The smallest absolute Gasteiger partial charge is 0.326 e. The summed E-state index contributed by atoms with van der Waals surface area (Å²) in [6.45, 7) is 9.62. The number of nitrogens with zero attached hydrogens (tertiary/aromatic N) is 4. The number of esters is 1. The van der Waals surface area contributed by atoms with Crippen LogP contribution in [0.2, 0.25) is 0 Å². The lowest BCUT2D eigenvalue weighted by Crippen LogP contribution is -2.49. The molecule has 2 aromatic heterocycles. The largest absolute Gasteiger partial charge is 0.497 e. The zero-order chi connectivity index (χ0) is 27.9. The lowest BCUT2D eigenvalue weighted by atomic mass is 10.1. The molecule has 0 aliphatic carbocycles. The van der Waals surface area contributed by atoms with E-state index in [0.717, 1.165) is 11.3 Å². The number of benzene rings is 1. The van der Waals surface area contributed by atoms with Crippen LogP contribution in [0.1, 0.15) is 52.6 Å². The van der Waals surface area contributed by atoms with E-state index in [1.165, 1.54) is 6.33 Å². The molecule has 3 aromatic rings. The molecule has 2 heterocycles. The van der Waals surface area contributed by atoms with Crippen molar-refractivity contribution in [3.05, 3.63) is 42.5 Å². The van der Waals surface area contributed by atoms with E-state index in [1.54, 1.807) is 31.9 Å². The molecule has 0 unspecified atom stereocenters. The second-order valence-corrected chi connectivity index (χ2v) is 11.9. The first-order valence-corrected chi connectivity index (χ1v) is 14.4. The van der Waals surface area contributed by atoms with Crippen LogP contribution in [0.25, 0.3) is 11.2 Å². The normalized spacial score (nSPS) is 15.1. The number of nitrogens with one attached hydrogen (secondary N) is 2. The van der Waals surface area contributed by atoms with Crippen molar-refractivity contribution in [2.45, 2.75) is 65.3 Å². The van der Waals surface area contributed by atoms with Gasteiger partial charge in [-0.3, -0.25) is 9.36 Å². The molecule has 12 nitrogen and oxygen atoms in total. The molecule has 208 valence electrons. The maximum absolute atomic E-state index is 14.2. The van der Waals surface area contributed by atoms with Gasteiger partial charge in [-0.2, -0.15) is 0 Å². The zero-order valence-electron chi connectivity index (χ0n) is 22.8. The van der Waals surface area contributed by atoms with E-state index in [-0.39, 0.29) is 25.1 Å². The minimum Gasteiger partial charge on any atom is -0.497 e. The Morgan fingerprint density at radius 1 is 1.18 bits per heavy atom. The van der Waals surface area contributed by atoms with E-state index in [0.29, 0.717) is 29.9 Å². The average Bonchev–Trinajstić information content (AvgIpc) is 3.29. The molecule has 0 saturated heterocycles. The predicted octanol–water partition coefficient (Wildman–Crippen LogP) is 3.65. The van der Waals surface area contributed by atoms with Crippen LogP contribution in [-0.4, -0.2) is 57.2 Å². The Labute approximate surface area is 223 Å². The first-order chi connectivity index (χ1) is 18.0. The SMILES string of the molecule is CCCOC(=O)C(C)(C)N[P@@](=O)(CO[C@H](C)Cn1cnc2c(N)ncnc21)N[C@@H](C)c1ccc(OC)cc1. The summed E-state index contributed by atoms with van der Waals surface area (Å²) in [5.74, 6) is 0.525. The van der Waals surface area contributed by atoms with Crippen molar-refractivity contribution in [1.82, 2.24) is 29.7 Å². The molecule has 0 bridgehead atoms. The summed E-state index contributed by atoms with van der Waals surface area (Å²) >= 11 is 0. The molecule has 0 saturated carbocycles. The molecule has 0 radical (unpaired) electrons. The van der Waals surface area contributed by atoms with Crippen molar-refractivity contribution in [3.63, 3.8) is 0 Å². The molecule has 0 aliphatic heterocycles. The quantitative estimate of drug-likeness (QED) is 0.200. The summed E-state index contributed by atoms with van der Waals surface area (Å²) in [5.41, 5.74) is 6.65. The minimum absolute atomic E-state index is 0.178. The molecule has 13 heteroatoms. The maximum Gasteiger partial charge on any atom is 0.326 e. The second kappa shape index (κ2) is 12.7. The van der Waals surface area contributed by atoms with Crippen LogP contribution in [0.15, 0.2) is 36.9 Å². The van der Waals surface area contributed by atoms with Gasteiger partial charge in [0.1, 0.15) is 29.5 Å². The number of hydrogen-bond donors (Lipinski definition) is 3. The van der Waals surface area contributed by atoms with Crippen molar-refractivity contribution >= 4 is 30.4 Å². The monoisotopic (exact) mass is 547 g/mol. The number of hydrogen-bond acceptors (Lipinski definition) is 9. The number of nitrogens with two attached hydrogens (primary N) is 1. The lowest BCUT2D eigenvalue weighted by molar-refractivity contribution is -0.149. The third-order valence-electron chi connectivity index (χ3n) is 5.85. The predicted molar refractivity (Wildman–Crippen MR) is 146 cm³/mol. The Bertz CT molecular complexity index is 1260. The summed E-state index contributed by atoms with van der Waals surface area (Å²) in [4.78, 5) is 25.2. The van der Waals surface area contributed by atoms with Crippen molar-refractivity contribution in [3.8, 4) is 5.75 Å². The van der Waals surface area contributed by atoms with Crippen LogP contribution < -0.4 is 20.6 Å². The number of carbonyl (C=O) groups is 1. The maximum atomic E-state index is 14.2.